The summed E-state index contributed by atoms with van der Waals surface area (Å²) in [6, 6.07) is 8.00. The second kappa shape index (κ2) is 10.0. The molecule has 1 fully saturated rings. The molecule has 1 aromatic heterocycles. The number of anilines is 1. The number of aromatic nitrogens is 1. The molecular weight excluding hydrogens is 376 g/mol. The summed E-state index contributed by atoms with van der Waals surface area (Å²) >= 11 is 0. The molecule has 156 valence electrons. The first kappa shape index (κ1) is 20.8. The molecule has 0 bridgehead atoms. The van der Waals surface area contributed by atoms with E-state index >= 15 is 0 Å². The minimum Gasteiger partial charge on any atom is -0.491 e. The van der Waals surface area contributed by atoms with E-state index in [1.807, 2.05) is 24.8 Å². The van der Waals surface area contributed by atoms with Crippen molar-refractivity contribution in [1.82, 2.24) is 15.6 Å². The zero-order valence-electron chi connectivity index (χ0n) is 16.8. The highest BCUT2D eigenvalue weighted by Crippen LogP contribution is 2.21. The highest BCUT2D eigenvalue weighted by molar-refractivity contribution is 5.80. The van der Waals surface area contributed by atoms with Gasteiger partial charge in [-0.3, -0.25) is 0 Å². The van der Waals surface area contributed by atoms with Crippen molar-refractivity contribution in [2.24, 2.45) is 4.99 Å². The Bertz CT molecular complexity index is 846. The summed E-state index contributed by atoms with van der Waals surface area (Å²) in [5.41, 5.74) is 0.756. The highest BCUT2D eigenvalue weighted by atomic mass is 19.1. The number of aliphatic imine (C=N–C) groups is 1. The molecule has 1 saturated heterocycles. The average Bonchev–Trinajstić information content (AvgIpc) is 3.17. The van der Waals surface area contributed by atoms with Crippen LogP contribution in [0.2, 0.25) is 0 Å². The van der Waals surface area contributed by atoms with Gasteiger partial charge in [0.2, 0.25) is 0 Å². The van der Waals surface area contributed by atoms with E-state index in [0.717, 1.165) is 18.5 Å². The van der Waals surface area contributed by atoms with Crippen LogP contribution in [0.5, 0.6) is 5.75 Å². The minimum atomic E-state index is -0.388. The van der Waals surface area contributed by atoms with E-state index in [2.05, 4.69) is 20.6 Å². The molecule has 3 rings (SSSR count). The molecule has 0 radical (unpaired) electrons. The van der Waals surface area contributed by atoms with Crippen molar-refractivity contribution in [1.29, 1.82) is 0 Å². The Morgan fingerprint density at radius 3 is 2.86 bits per heavy atom. The third-order valence-electron chi connectivity index (χ3n) is 4.63. The van der Waals surface area contributed by atoms with E-state index in [4.69, 9.17) is 4.74 Å². The minimum absolute atomic E-state index is 0.117. The fourth-order valence-corrected chi connectivity index (χ4v) is 3.28. The Balaban J connectivity index is 1.61. The Kier molecular flexibility index (Phi) is 7.21. The fraction of sp³-hybridized carbons (Fsp3) is 0.429. The number of ether oxygens (including phenoxy) is 1. The fourth-order valence-electron chi connectivity index (χ4n) is 3.28. The van der Waals surface area contributed by atoms with Crippen LogP contribution < -0.4 is 20.3 Å². The molecular formula is C21H27F2N5O. The quantitative estimate of drug-likeness (QED) is 0.550. The number of guanidine groups is 1. The van der Waals surface area contributed by atoms with Gasteiger partial charge in [-0.1, -0.05) is 6.07 Å². The third-order valence-corrected chi connectivity index (χ3v) is 4.63. The van der Waals surface area contributed by atoms with Gasteiger partial charge in [0.15, 0.2) is 29.2 Å². The molecule has 1 aromatic carbocycles. The van der Waals surface area contributed by atoms with Gasteiger partial charge in [-0.25, -0.2) is 18.8 Å². The van der Waals surface area contributed by atoms with Crippen LogP contribution in [0, 0.1) is 11.6 Å². The SMILES string of the molecule is CCNC(=NCc1ccc(OCC)c(F)c1)NC1CCN(c2ncccc2F)C1. The van der Waals surface area contributed by atoms with Gasteiger partial charge in [0.1, 0.15) is 0 Å². The normalized spacial score (nSPS) is 16.8. The molecule has 0 saturated carbocycles. The van der Waals surface area contributed by atoms with Crippen molar-refractivity contribution in [3.63, 3.8) is 0 Å². The second-order valence-corrected chi connectivity index (χ2v) is 6.78. The van der Waals surface area contributed by atoms with E-state index in [0.29, 0.717) is 38.0 Å². The topological polar surface area (TPSA) is 61.8 Å². The van der Waals surface area contributed by atoms with Gasteiger partial charge in [0.05, 0.1) is 13.2 Å². The first-order valence-corrected chi connectivity index (χ1v) is 9.92. The summed E-state index contributed by atoms with van der Waals surface area (Å²) in [6.45, 7) is 6.62. The maximum Gasteiger partial charge on any atom is 0.191 e. The lowest BCUT2D eigenvalue weighted by molar-refractivity contribution is 0.321. The Labute approximate surface area is 170 Å². The summed E-state index contributed by atoms with van der Waals surface area (Å²) in [5.74, 6) is 0.574. The molecule has 1 atom stereocenters. The lowest BCUT2D eigenvalue weighted by Gasteiger charge is -2.20. The van der Waals surface area contributed by atoms with E-state index in [9.17, 15) is 8.78 Å². The van der Waals surface area contributed by atoms with Gasteiger partial charge in [-0.2, -0.15) is 0 Å². The van der Waals surface area contributed by atoms with Crippen molar-refractivity contribution in [3.8, 4) is 5.75 Å². The lowest BCUT2D eigenvalue weighted by Crippen LogP contribution is -2.44. The number of nitrogens with zero attached hydrogens (tertiary/aromatic N) is 3. The number of hydrogen-bond acceptors (Lipinski definition) is 4. The zero-order valence-corrected chi connectivity index (χ0v) is 16.8. The first-order chi connectivity index (χ1) is 14.1. The van der Waals surface area contributed by atoms with Crippen molar-refractivity contribution in [2.45, 2.75) is 32.9 Å². The number of hydrogen-bond donors (Lipinski definition) is 2. The zero-order chi connectivity index (χ0) is 20.6. The van der Waals surface area contributed by atoms with Crippen molar-refractivity contribution in [2.75, 3.05) is 31.1 Å². The number of halogens is 2. The molecule has 0 aliphatic carbocycles. The van der Waals surface area contributed by atoms with Gasteiger partial charge in [-0.05, 0) is 50.1 Å². The van der Waals surface area contributed by atoms with Gasteiger partial charge in [0, 0.05) is 31.9 Å². The molecule has 1 aliphatic heterocycles. The maximum absolute atomic E-state index is 14.0. The lowest BCUT2D eigenvalue weighted by atomic mass is 10.2. The van der Waals surface area contributed by atoms with E-state index in [-0.39, 0.29) is 23.4 Å². The molecule has 0 spiro atoms. The smallest absolute Gasteiger partial charge is 0.191 e. The molecule has 6 nitrogen and oxygen atoms in total. The van der Waals surface area contributed by atoms with Crippen molar-refractivity contribution < 1.29 is 13.5 Å². The summed E-state index contributed by atoms with van der Waals surface area (Å²) in [7, 11) is 0. The summed E-state index contributed by atoms with van der Waals surface area (Å²) in [6.07, 6.45) is 2.44. The number of rotatable bonds is 7. The molecule has 29 heavy (non-hydrogen) atoms. The van der Waals surface area contributed by atoms with Crippen LogP contribution in [0.15, 0.2) is 41.5 Å². The molecule has 8 heteroatoms. The number of nitrogens with one attached hydrogen (secondary N) is 2. The Morgan fingerprint density at radius 2 is 2.14 bits per heavy atom. The van der Waals surface area contributed by atoms with Gasteiger partial charge >= 0.3 is 0 Å². The molecule has 2 aromatic rings. The van der Waals surface area contributed by atoms with Gasteiger partial charge in [-0.15, -0.1) is 0 Å². The van der Waals surface area contributed by atoms with Crippen LogP contribution in [-0.2, 0) is 6.54 Å². The predicted molar refractivity (Wildman–Crippen MR) is 110 cm³/mol. The monoisotopic (exact) mass is 403 g/mol. The van der Waals surface area contributed by atoms with E-state index in [1.165, 1.54) is 12.1 Å². The van der Waals surface area contributed by atoms with Crippen LogP contribution in [0.4, 0.5) is 14.6 Å². The van der Waals surface area contributed by atoms with Crippen LogP contribution >= 0.6 is 0 Å². The number of benzene rings is 1. The van der Waals surface area contributed by atoms with E-state index < -0.39 is 0 Å². The van der Waals surface area contributed by atoms with Crippen LogP contribution in [-0.4, -0.2) is 43.2 Å². The molecule has 0 amide bonds. The summed E-state index contributed by atoms with van der Waals surface area (Å²) in [4.78, 5) is 10.6. The first-order valence-electron chi connectivity index (χ1n) is 9.92. The van der Waals surface area contributed by atoms with Gasteiger partial charge < -0.3 is 20.3 Å². The molecule has 2 N–H and O–H groups in total. The Morgan fingerprint density at radius 1 is 1.28 bits per heavy atom. The highest BCUT2D eigenvalue weighted by Gasteiger charge is 2.25. The predicted octanol–water partition coefficient (Wildman–Crippen LogP) is 3.09. The second-order valence-electron chi connectivity index (χ2n) is 6.78. The van der Waals surface area contributed by atoms with Crippen molar-refractivity contribution >= 4 is 11.8 Å². The van der Waals surface area contributed by atoms with Crippen molar-refractivity contribution in [3.05, 3.63) is 53.7 Å². The van der Waals surface area contributed by atoms with Crippen LogP contribution in [0.1, 0.15) is 25.8 Å². The van der Waals surface area contributed by atoms with Crippen LogP contribution in [0.3, 0.4) is 0 Å². The molecule has 2 heterocycles. The number of pyridine rings is 1. The van der Waals surface area contributed by atoms with E-state index in [1.54, 1.807) is 18.3 Å². The summed E-state index contributed by atoms with van der Waals surface area (Å²) < 4.78 is 33.2. The largest absolute Gasteiger partial charge is 0.491 e. The molecule has 1 aliphatic rings. The standard InChI is InChI=1S/C21H27F2N5O/c1-3-24-21(26-13-15-7-8-19(29-4-2)18(23)12-15)27-16-9-11-28(14-16)20-17(22)6-5-10-25-20/h5-8,10,12,16H,3-4,9,11,13-14H2,1-2H3,(H2,24,26,27). The molecule has 1 unspecified atom stereocenters. The van der Waals surface area contributed by atoms with Gasteiger partial charge in [0.25, 0.3) is 0 Å². The summed E-state index contributed by atoms with van der Waals surface area (Å²) in [5, 5.41) is 6.59. The average molecular weight is 403 g/mol. The third kappa shape index (κ3) is 5.56. The maximum atomic E-state index is 14.0. The van der Waals surface area contributed by atoms with Crippen LogP contribution in [0.25, 0.3) is 0 Å². The Hall–Kier alpha value is -2.90.